The molecular weight excluding hydrogens is 434 g/mol. The van der Waals surface area contributed by atoms with Crippen LogP contribution in [0.25, 0.3) is 11.3 Å². The number of rotatable bonds is 9. The quantitative estimate of drug-likeness (QED) is 0.477. The molecule has 2 aromatic carbocycles. The van der Waals surface area contributed by atoms with Gasteiger partial charge in [0.15, 0.2) is 23.2 Å². The lowest BCUT2D eigenvalue weighted by molar-refractivity contribution is -0.146. The SMILES string of the molecule is COc1ccc(-c2csc(NC(=O)COC(=O)CNC(=O)c3ccccc3)n2)cc1OC. The topological polar surface area (TPSA) is 116 Å². The van der Waals surface area contributed by atoms with Crippen LogP contribution in [-0.4, -0.2) is 50.1 Å². The molecule has 0 aliphatic heterocycles. The normalized spacial score (nSPS) is 10.2. The van der Waals surface area contributed by atoms with E-state index in [1.54, 1.807) is 62.1 Å². The van der Waals surface area contributed by atoms with Crippen molar-refractivity contribution in [3.8, 4) is 22.8 Å². The minimum Gasteiger partial charge on any atom is -0.493 e. The average molecular weight is 455 g/mol. The molecule has 0 bridgehead atoms. The lowest BCUT2D eigenvalue weighted by Gasteiger charge is -2.08. The third-order valence-corrected chi connectivity index (χ3v) is 4.98. The second-order valence-electron chi connectivity index (χ2n) is 6.37. The predicted octanol–water partition coefficient (Wildman–Crippen LogP) is 2.74. The molecule has 1 heterocycles. The molecule has 3 aromatic rings. The highest BCUT2D eigenvalue weighted by Crippen LogP contribution is 2.33. The molecule has 166 valence electrons. The summed E-state index contributed by atoms with van der Waals surface area (Å²) in [5, 5.41) is 7.15. The molecule has 0 saturated heterocycles. The Kier molecular flexibility index (Phi) is 7.76. The maximum absolute atomic E-state index is 12.1. The van der Waals surface area contributed by atoms with Crippen LogP contribution in [0, 0.1) is 0 Å². The van der Waals surface area contributed by atoms with Gasteiger partial charge < -0.3 is 19.5 Å². The molecular formula is C22H21N3O6S. The van der Waals surface area contributed by atoms with E-state index in [1.165, 1.54) is 11.3 Å². The first-order chi connectivity index (χ1) is 15.5. The molecule has 0 spiro atoms. The van der Waals surface area contributed by atoms with Gasteiger partial charge in [-0.15, -0.1) is 11.3 Å². The fourth-order valence-electron chi connectivity index (χ4n) is 2.66. The molecule has 0 unspecified atom stereocenters. The van der Waals surface area contributed by atoms with Crippen molar-refractivity contribution in [1.82, 2.24) is 10.3 Å². The van der Waals surface area contributed by atoms with E-state index in [-0.39, 0.29) is 6.54 Å². The van der Waals surface area contributed by atoms with Crippen LogP contribution >= 0.6 is 11.3 Å². The number of hydrogen-bond acceptors (Lipinski definition) is 8. The van der Waals surface area contributed by atoms with E-state index < -0.39 is 24.4 Å². The van der Waals surface area contributed by atoms with Crippen LogP contribution < -0.4 is 20.1 Å². The van der Waals surface area contributed by atoms with Crippen molar-refractivity contribution >= 4 is 34.3 Å². The minimum absolute atomic E-state index is 0.346. The van der Waals surface area contributed by atoms with Crippen LogP contribution in [0.2, 0.25) is 0 Å². The van der Waals surface area contributed by atoms with Crippen LogP contribution in [0.1, 0.15) is 10.4 Å². The zero-order chi connectivity index (χ0) is 22.9. The summed E-state index contributed by atoms with van der Waals surface area (Å²) in [6.07, 6.45) is 0. The van der Waals surface area contributed by atoms with Gasteiger partial charge in [0.25, 0.3) is 11.8 Å². The van der Waals surface area contributed by atoms with E-state index in [0.717, 1.165) is 5.56 Å². The smallest absolute Gasteiger partial charge is 0.325 e. The first kappa shape index (κ1) is 22.8. The Bertz CT molecular complexity index is 1100. The zero-order valence-electron chi connectivity index (χ0n) is 17.4. The van der Waals surface area contributed by atoms with Crippen LogP contribution in [0.15, 0.2) is 53.9 Å². The number of nitrogens with one attached hydrogen (secondary N) is 2. The van der Waals surface area contributed by atoms with Gasteiger partial charge in [-0.1, -0.05) is 18.2 Å². The Balaban J connectivity index is 1.47. The molecule has 10 heteroatoms. The second kappa shape index (κ2) is 10.9. The first-order valence-corrected chi connectivity index (χ1v) is 10.3. The number of nitrogens with zero attached hydrogens (tertiary/aromatic N) is 1. The number of anilines is 1. The van der Waals surface area contributed by atoms with Gasteiger partial charge in [0.1, 0.15) is 6.54 Å². The van der Waals surface area contributed by atoms with Crippen molar-refractivity contribution in [1.29, 1.82) is 0 Å². The number of carbonyl (C=O) groups excluding carboxylic acids is 3. The van der Waals surface area contributed by atoms with E-state index in [2.05, 4.69) is 15.6 Å². The maximum atomic E-state index is 12.1. The Morgan fingerprint density at radius 3 is 2.47 bits per heavy atom. The number of aromatic nitrogens is 1. The number of carbonyl (C=O) groups is 3. The van der Waals surface area contributed by atoms with Crippen molar-refractivity contribution in [3.63, 3.8) is 0 Å². The molecule has 2 N–H and O–H groups in total. The van der Waals surface area contributed by atoms with Gasteiger partial charge in [-0.25, -0.2) is 4.98 Å². The molecule has 32 heavy (non-hydrogen) atoms. The molecule has 2 amide bonds. The lowest BCUT2D eigenvalue weighted by atomic mass is 10.1. The third-order valence-electron chi connectivity index (χ3n) is 4.22. The lowest BCUT2D eigenvalue weighted by Crippen LogP contribution is -2.32. The number of ether oxygens (including phenoxy) is 3. The zero-order valence-corrected chi connectivity index (χ0v) is 18.2. The van der Waals surface area contributed by atoms with Crippen LogP contribution in [0.5, 0.6) is 11.5 Å². The summed E-state index contributed by atoms with van der Waals surface area (Å²) in [5.74, 6) is -0.510. The van der Waals surface area contributed by atoms with Crippen LogP contribution in [0.3, 0.4) is 0 Å². The van der Waals surface area contributed by atoms with Gasteiger partial charge in [-0.3, -0.25) is 19.7 Å². The summed E-state index contributed by atoms with van der Waals surface area (Å²) in [6.45, 7) is -0.840. The Hall–Kier alpha value is -3.92. The maximum Gasteiger partial charge on any atom is 0.325 e. The molecule has 9 nitrogen and oxygen atoms in total. The van der Waals surface area contributed by atoms with Gasteiger partial charge in [-0.2, -0.15) is 0 Å². The van der Waals surface area contributed by atoms with Gasteiger partial charge in [0.05, 0.1) is 19.9 Å². The molecule has 0 aliphatic carbocycles. The number of thiazole rings is 1. The van der Waals surface area contributed by atoms with Gasteiger partial charge in [0.2, 0.25) is 0 Å². The average Bonchev–Trinajstić information content (AvgIpc) is 3.29. The highest BCUT2D eigenvalue weighted by molar-refractivity contribution is 7.14. The second-order valence-corrected chi connectivity index (χ2v) is 7.22. The number of methoxy groups -OCH3 is 2. The molecule has 3 rings (SSSR count). The summed E-state index contributed by atoms with van der Waals surface area (Å²) in [6, 6.07) is 13.8. The standard InChI is InChI=1S/C22H21N3O6S/c1-29-17-9-8-15(10-18(17)30-2)16-13-32-22(24-16)25-19(26)12-31-20(27)11-23-21(28)14-6-4-3-5-7-14/h3-10,13H,11-12H2,1-2H3,(H,23,28)(H,24,25,26). The summed E-state index contributed by atoms with van der Waals surface area (Å²) >= 11 is 1.23. The number of benzene rings is 2. The van der Waals surface area contributed by atoms with E-state index in [4.69, 9.17) is 14.2 Å². The highest BCUT2D eigenvalue weighted by atomic mass is 32.1. The molecule has 0 saturated carbocycles. The summed E-state index contributed by atoms with van der Waals surface area (Å²) in [7, 11) is 3.10. The van der Waals surface area contributed by atoms with Crippen molar-refractivity contribution in [2.75, 3.05) is 32.7 Å². The fourth-order valence-corrected chi connectivity index (χ4v) is 3.39. The Morgan fingerprint density at radius 1 is 1.00 bits per heavy atom. The number of hydrogen-bond donors (Lipinski definition) is 2. The minimum atomic E-state index is -0.727. The molecule has 0 fully saturated rings. The van der Waals surface area contributed by atoms with E-state index in [1.807, 2.05) is 6.07 Å². The highest BCUT2D eigenvalue weighted by Gasteiger charge is 2.13. The largest absolute Gasteiger partial charge is 0.493 e. The first-order valence-electron chi connectivity index (χ1n) is 9.47. The van der Waals surface area contributed by atoms with Crippen molar-refractivity contribution in [2.45, 2.75) is 0 Å². The van der Waals surface area contributed by atoms with Crippen molar-refractivity contribution < 1.29 is 28.6 Å². The van der Waals surface area contributed by atoms with Gasteiger partial charge in [-0.05, 0) is 30.3 Å². The fraction of sp³-hybridized carbons (Fsp3) is 0.182. The van der Waals surface area contributed by atoms with Crippen molar-refractivity contribution in [3.05, 3.63) is 59.5 Å². The Labute approximate surface area is 188 Å². The van der Waals surface area contributed by atoms with Gasteiger partial charge in [0, 0.05) is 16.5 Å². The Morgan fingerprint density at radius 2 is 1.75 bits per heavy atom. The third kappa shape index (κ3) is 6.05. The predicted molar refractivity (Wildman–Crippen MR) is 119 cm³/mol. The number of esters is 1. The summed E-state index contributed by atoms with van der Waals surface area (Å²) in [5.41, 5.74) is 1.86. The number of amides is 2. The van der Waals surface area contributed by atoms with E-state index in [9.17, 15) is 14.4 Å². The van der Waals surface area contributed by atoms with Crippen LogP contribution in [0.4, 0.5) is 5.13 Å². The van der Waals surface area contributed by atoms with Crippen LogP contribution in [-0.2, 0) is 14.3 Å². The molecule has 0 atom stereocenters. The van der Waals surface area contributed by atoms with Crippen molar-refractivity contribution in [2.24, 2.45) is 0 Å². The summed E-state index contributed by atoms with van der Waals surface area (Å²) < 4.78 is 15.4. The molecule has 0 radical (unpaired) electrons. The van der Waals surface area contributed by atoms with E-state index in [0.29, 0.717) is 27.9 Å². The molecule has 0 aliphatic rings. The van der Waals surface area contributed by atoms with Gasteiger partial charge >= 0.3 is 5.97 Å². The molecule has 1 aromatic heterocycles. The summed E-state index contributed by atoms with van der Waals surface area (Å²) in [4.78, 5) is 40.1. The monoisotopic (exact) mass is 455 g/mol. The van der Waals surface area contributed by atoms with E-state index >= 15 is 0 Å².